The summed E-state index contributed by atoms with van der Waals surface area (Å²) < 4.78 is 0. The summed E-state index contributed by atoms with van der Waals surface area (Å²) in [7, 11) is 3.98. The Kier molecular flexibility index (Phi) is 14.1. The van der Waals surface area contributed by atoms with Gasteiger partial charge in [-0.2, -0.15) is 0 Å². The molecule has 3 heterocycles. The number of rotatable bonds is 9. The molecular weight excluding hydrogens is 693 g/mol. The van der Waals surface area contributed by atoms with Crippen LogP contribution >= 0.6 is 0 Å². The Labute approximate surface area is 332 Å². The van der Waals surface area contributed by atoms with Crippen molar-refractivity contribution < 1.29 is 24.0 Å². The van der Waals surface area contributed by atoms with Crippen LogP contribution in [-0.4, -0.2) is 109 Å². The molecule has 3 aliphatic heterocycles. The zero-order valence-electron chi connectivity index (χ0n) is 36.0. The lowest BCUT2D eigenvalue weighted by molar-refractivity contribution is -0.147. The molecule has 3 saturated heterocycles. The maximum atomic E-state index is 14.8. The molecule has 11 nitrogen and oxygen atoms in total. The van der Waals surface area contributed by atoms with Crippen LogP contribution in [0.1, 0.15) is 113 Å². The number of hydrogen-bond donors (Lipinski definition) is 3. The Balaban J connectivity index is 0.000000721. The molecule has 0 radical (unpaired) electrons. The van der Waals surface area contributed by atoms with Gasteiger partial charge in [-0.05, 0) is 86.7 Å². The predicted octanol–water partition coefficient (Wildman–Crippen LogP) is 5.48. The normalized spacial score (nSPS) is 29.5. The molecular formula is C44H74N6O5. The fraction of sp³-hybridized carbons (Fsp3) is 0.750. The molecule has 55 heavy (non-hydrogen) atoms. The predicted molar refractivity (Wildman–Crippen MR) is 221 cm³/mol. The van der Waals surface area contributed by atoms with Crippen LogP contribution in [0.3, 0.4) is 0 Å². The van der Waals surface area contributed by atoms with E-state index in [0.717, 1.165) is 25.0 Å². The van der Waals surface area contributed by atoms with E-state index in [0.29, 0.717) is 32.4 Å². The standard InChI is InChI=1S/C36H57N5O4.C5H11N.C2H4.CH2O/c1-12-23-19-36(23,22(2)37-11)39-28(43)24-20-35(33(9,10)34(35)16-14-17-34)21-41(24)30(45)26(31(3,4)5)38-29(44)27(32(6,7)8)40-18-13-15-25(40)42;1-6-4-2-3-5-6;2*1-2/h12,23-24,26-27,37H,1-2,13-21H2,3-11H3,(H,38,44)(H,39,43);2-5H2,1H3;1-2H2;1H2/t23-,24?,26-,27?,35-,36+;;;/m1.../s1. The highest BCUT2D eigenvalue weighted by Crippen LogP contribution is 2.88. The molecule has 310 valence electrons. The molecule has 0 bridgehead atoms. The molecule has 6 aliphatic rings. The van der Waals surface area contributed by atoms with Gasteiger partial charge < -0.3 is 35.4 Å². The second-order valence-corrected chi connectivity index (χ2v) is 19.3. The Morgan fingerprint density at radius 3 is 1.84 bits per heavy atom. The van der Waals surface area contributed by atoms with E-state index in [1.54, 1.807) is 16.8 Å². The lowest BCUT2D eigenvalue weighted by Crippen LogP contribution is -2.62. The molecule has 11 heteroatoms. The van der Waals surface area contributed by atoms with Crippen molar-refractivity contribution in [2.45, 2.75) is 137 Å². The highest BCUT2D eigenvalue weighted by atomic mass is 16.2. The zero-order valence-corrected chi connectivity index (χ0v) is 36.0. The maximum Gasteiger partial charge on any atom is 0.246 e. The first-order valence-corrected chi connectivity index (χ1v) is 20.3. The van der Waals surface area contributed by atoms with Gasteiger partial charge >= 0.3 is 0 Å². The molecule has 0 aromatic rings. The lowest BCUT2D eigenvalue weighted by atomic mass is 9.73. The Morgan fingerprint density at radius 2 is 1.47 bits per heavy atom. The molecule has 2 spiro atoms. The van der Waals surface area contributed by atoms with Crippen molar-refractivity contribution in [3.8, 4) is 0 Å². The van der Waals surface area contributed by atoms with Crippen LogP contribution in [0.25, 0.3) is 0 Å². The Morgan fingerprint density at radius 1 is 0.891 bits per heavy atom. The minimum Gasteiger partial charge on any atom is -0.390 e. The second-order valence-electron chi connectivity index (χ2n) is 19.3. The topological polar surface area (TPSA) is 131 Å². The van der Waals surface area contributed by atoms with Crippen LogP contribution in [0, 0.1) is 33.0 Å². The van der Waals surface area contributed by atoms with Gasteiger partial charge in [-0.15, -0.1) is 19.7 Å². The minimum absolute atomic E-state index is 0.00915. The molecule has 6 rings (SSSR count). The zero-order chi connectivity index (χ0) is 41.9. The van der Waals surface area contributed by atoms with Crippen molar-refractivity contribution in [1.29, 1.82) is 0 Å². The number of hydrogen-bond acceptors (Lipinski definition) is 7. The fourth-order valence-electron chi connectivity index (χ4n) is 10.6. The van der Waals surface area contributed by atoms with Gasteiger partial charge in [-0.1, -0.05) is 74.5 Å². The fourth-order valence-corrected chi connectivity index (χ4v) is 10.6. The number of likely N-dealkylation sites (tertiary alicyclic amines) is 3. The molecule has 0 aromatic heterocycles. The summed E-state index contributed by atoms with van der Waals surface area (Å²) in [4.78, 5) is 69.9. The van der Waals surface area contributed by atoms with Gasteiger partial charge in [0.1, 0.15) is 24.9 Å². The Bertz CT molecular complexity index is 1450. The van der Waals surface area contributed by atoms with E-state index in [4.69, 9.17) is 4.79 Å². The van der Waals surface area contributed by atoms with E-state index in [-0.39, 0.29) is 45.8 Å². The second kappa shape index (κ2) is 16.9. The third kappa shape index (κ3) is 8.19. The maximum absolute atomic E-state index is 14.8. The quantitative estimate of drug-likeness (QED) is 0.265. The first-order chi connectivity index (χ1) is 25.6. The highest BCUT2D eigenvalue weighted by molar-refractivity contribution is 5.96. The van der Waals surface area contributed by atoms with E-state index < -0.39 is 34.5 Å². The van der Waals surface area contributed by atoms with Crippen molar-refractivity contribution in [3.05, 3.63) is 38.1 Å². The molecule has 2 unspecified atom stereocenters. The van der Waals surface area contributed by atoms with Crippen LogP contribution in [0.2, 0.25) is 0 Å². The summed E-state index contributed by atoms with van der Waals surface area (Å²) in [6, 6.07) is -2.24. The number of carbonyl (C=O) groups is 5. The summed E-state index contributed by atoms with van der Waals surface area (Å²) >= 11 is 0. The number of fused-ring (bicyclic) bond motifs is 1. The van der Waals surface area contributed by atoms with Gasteiger partial charge in [0, 0.05) is 43.6 Å². The first-order valence-electron chi connectivity index (χ1n) is 20.3. The van der Waals surface area contributed by atoms with Crippen molar-refractivity contribution in [3.63, 3.8) is 0 Å². The van der Waals surface area contributed by atoms with Gasteiger partial charge in [0.25, 0.3) is 0 Å². The lowest BCUT2D eigenvalue weighted by Gasteiger charge is -2.40. The van der Waals surface area contributed by atoms with E-state index >= 15 is 0 Å². The smallest absolute Gasteiger partial charge is 0.246 e. The van der Waals surface area contributed by atoms with Crippen molar-refractivity contribution in [2.24, 2.45) is 33.0 Å². The molecule has 3 N–H and O–H groups in total. The van der Waals surface area contributed by atoms with E-state index in [1.807, 2.05) is 54.4 Å². The van der Waals surface area contributed by atoms with Crippen LogP contribution in [0.5, 0.6) is 0 Å². The van der Waals surface area contributed by atoms with E-state index in [1.165, 1.54) is 32.4 Å². The number of nitrogens with one attached hydrogen (secondary N) is 3. The molecule has 0 aromatic carbocycles. The van der Waals surface area contributed by atoms with Crippen LogP contribution in [0.4, 0.5) is 0 Å². The SMILES string of the molecule is C=C.C=C[C@@H]1C[C@]1(NC(=O)C1C[C@@]2(CN1C(=O)[C@@H](NC(=O)C(N1CCCC1=O)C(C)(C)C)C(C)(C)C)C(C)(C)C21CCC1)C(=C)NC.C=O.CN1CCCC1. The average Bonchev–Trinajstić information content (AvgIpc) is 3.46. The van der Waals surface area contributed by atoms with Gasteiger partial charge in [0.05, 0.1) is 5.54 Å². The largest absolute Gasteiger partial charge is 0.390 e. The van der Waals surface area contributed by atoms with Gasteiger partial charge in [-0.25, -0.2) is 0 Å². The molecule has 6 atom stereocenters. The number of likely N-dealkylation sites (N-methyl/N-ethyl adjacent to an activating group) is 1. The Hall–Kier alpha value is -3.47. The molecule has 3 aliphatic carbocycles. The van der Waals surface area contributed by atoms with Crippen molar-refractivity contribution in [1.82, 2.24) is 30.7 Å². The van der Waals surface area contributed by atoms with Crippen LogP contribution < -0.4 is 16.0 Å². The summed E-state index contributed by atoms with van der Waals surface area (Å²) in [5, 5.41) is 9.56. The van der Waals surface area contributed by atoms with Crippen LogP contribution in [0.15, 0.2) is 38.1 Å². The molecule has 4 amide bonds. The van der Waals surface area contributed by atoms with E-state index in [9.17, 15) is 19.2 Å². The summed E-state index contributed by atoms with van der Waals surface area (Å²) in [5.41, 5.74) is -1.05. The molecule has 3 saturated carbocycles. The van der Waals surface area contributed by atoms with Crippen LogP contribution in [-0.2, 0) is 24.0 Å². The first kappa shape index (κ1) is 45.9. The third-order valence-electron chi connectivity index (χ3n) is 14.1. The minimum atomic E-state index is -0.875. The average molecular weight is 767 g/mol. The van der Waals surface area contributed by atoms with Gasteiger partial charge in [0.15, 0.2) is 0 Å². The molecule has 6 fully saturated rings. The summed E-state index contributed by atoms with van der Waals surface area (Å²) in [6.45, 7) is 36.1. The summed E-state index contributed by atoms with van der Waals surface area (Å²) in [5.74, 6) is -0.686. The number of carbonyl (C=O) groups excluding carboxylic acids is 5. The van der Waals surface area contributed by atoms with Gasteiger partial charge in [-0.3, -0.25) is 19.2 Å². The van der Waals surface area contributed by atoms with Gasteiger partial charge in [0.2, 0.25) is 23.6 Å². The highest BCUT2D eigenvalue weighted by Gasteiger charge is 2.85. The van der Waals surface area contributed by atoms with Crippen molar-refractivity contribution >= 4 is 30.4 Å². The van der Waals surface area contributed by atoms with E-state index in [2.05, 4.69) is 68.1 Å². The summed E-state index contributed by atoms with van der Waals surface area (Å²) in [6.07, 6.45) is 10.6. The number of nitrogens with zero attached hydrogens (tertiary/aromatic N) is 3. The number of amides is 4. The third-order valence-corrected chi connectivity index (χ3v) is 14.1. The monoisotopic (exact) mass is 767 g/mol. The van der Waals surface area contributed by atoms with Crippen molar-refractivity contribution in [2.75, 3.05) is 40.3 Å².